The van der Waals surface area contributed by atoms with E-state index in [9.17, 15) is 18.5 Å². The van der Waals surface area contributed by atoms with Gasteiger partial charge in [0.2, 0.25) is 0 Å². The Morgan fingerprint density at radius 1 is 1.10 bits per heavy atom. The molecule has 2 heterocycles. The summed E-state index contributed by atoms with van der Waals surface area (Å²) in [4.78, 5) is 16.4. The molecule has 2 aromatic carbocycles. The first-order valence-corrected chi connectivity index (χ1v) is 11.3. The van der Waals surface area contributed by atoms with Crippen molar-refractivity contribution in [1.82, 2.24) is 4.90 Å². The number of benzene rings is 2. The molecule has 150 valence electrons. The minimum atomic E-state index is -3.25. The van der Waals surface area contributed by atoms with E-state index in [0.717, 1.165) is 0 Å². The summed E-state index contributed by atoms with van der Waals surface area (Å²) >= 11 is 0. The van der Waals surface area contributed by atoms with Gasteiger partial charge in [-0.15, -0.1) is 0 Å². The highest BCUT2D eigenvalue weighted by Gasteiger charge is 2.53. The maximum Gasteiger partial charge on any atom is 0.325 e. The highest BCUT2D eigenvalue weighted by molar-refractivity contribution is 7.91. The summed E-state index contributed by atoms with van der Waals surface area (Å²) in [6.07, 6.45) is 0. The van der Waals surface area contributed by atoms with Crippen LogP contribution in [0.1, 0.15) is 18.1 Å². The number of ether oxygens (including phenoxy) is 1. The van der Waals surface area contributed by atoms with Gasteiger partial charge in [0.1, 0.15) is 5.75 Å². The third-order valence-corrected chi connectivity index (χ3v) is 7.08. The number of hydrogen-bond donors (Lipinski definition) is 0. The van der Waals surface area contributed by atoms with Crippen LogP contribution in [0.15, 0.2) is 48.5 Å². The summed E-state index contributed by atoms with van der Waals surface area (Å²) in [6.45, 7) is 2.63. The molecule has 0 N–H and O–H groups in total. The molecule has 0 unspecified atom stereocenters. The molecular weight excluding hydrogens is 390 g/mol. The van der Waals surface area contributed by atoms with Crippen molar-refractivity contribution in [2.45, 2.75) is 25.6 Å². The lowest BCUT2D eigenvalue weighted by Crippen LogP contribution is -2.37. The highest BCUT2D eigenvalue weighted by Crippen LogP contribution is 2.36. The number of anilines is 1. The standard InChI is InChI=1S/C21H21N3O4S/c1-2-28-18-9-7-17(8-10-18)24-20-14-29(26,27)13-19(20)23(21(24)25)12-16-6-4-3-5-15(16)11-22/h3-10,19-20H,2,12-14H2,1H3/t19-,20-/m1/s1. The van der Waals surface area contributed by atoms with Crippen molar-refractivity contribution >= 4 is 21.6 Å². The van der Waals surface area contributed by atoms with E-state index in [1.54, 1.807) is 52.3 Å². The molecular formula is C21H21N3O4S. The molecule has 2 aliphatic rings. The average molecular weight is 411 g/mol. The van der Waals surface area contributed by atoms with Gasteiger partial charge in [-0.05, 0) is 42.8 Å². The van der Waals surface area contributed by atoms with Gasteiger partial charge in [-0.2, -0.15) is 5.26 Å². The van der Waals surface area contributed by atoms with E-state index in [1.807, 2.05) is 13.0 Å². The van der Waals surface area contributed by atoms with Gasteiger partial charge in [0.05, 0.1) is 41.8 Å². The molecule has 2 saturated heterocycles. The molecule has 4 rings (SSSR count). The molecule has 0 radical (unpaired) electrons. The Hall–Kier alpha value is -3.05. The van der Waals surface area contributed by atoms with E-state index in [4.69, 9.17) is 4.74 Å². The summed E-state index contributed by atoms with van der Waals surface area (Å²) in [7, 11) is -3.25. The number of amides is 2. The maximum atomic E-state index is 13.3. The lowest BCUT2D eigenvalue weighted by Gasteiger charge is -2.23. The molecule has 2 amide bonds. The van der Waals surface area contributed by atoms with Gasteiger partial charge < -0.3 is 9.64 Å². The third kappa shape index (κ3) is 3.54. The SMILES string of the molecule is CCOc1ccc(N2C(=O)N(Cc3ccccc3C#N)[C@@H]3CS(=O)(=O)C[C@H]32)cc1. The quantitative estimate of drug-likeness (QED) is 0.706. The van der Waals surface area contributed by atoms with Crippen LogP contribution in [-0.2, 0) is 16.4 Å². The molecule has 2 aliphatic heterocycles. The highest BCUT2D eigenvalue weighted by atomic mass is 32.2. The normalized spacial score (nSPS) is 22.4. The Bertz CT molecular complexity index is 1080. The zero-order valence-electron chi connectivity index (χ0n) is 16.0. The number of fused-ring (bicyclic) bond motifs is 1. The number of nitrogens with zero attached hydrogens (tertiary/aromatic N) is 3. The fraction of sp³-hybridized carbons (Fsp3) is 0.333. The van der Waals surface area contributed by atoms with Gasteiger partial charge in [0.15, 0.2) is 9.84 Å². The van der Waals surface area contributed by atoms with Crippen molar-refractivity contribution in [2.75, 3.05) is 23.0 Å². The number of urea groups is 1. The second-order valence-corrected chi connectivity index (χ2v) is 9.34. The molecule has 0 bridgehead atoms. The largest absolute Gasteiger partial charge is 0.494 e. The average Bonchev–Trinajstić information content (AvgIpc) is 3.13. The zero-order chi connectivity index (χ0) is 20.6. The Kier molecular flexibility index (Phi) is 4.92. The molecule has 8 heteroatoms. The van der Waals surface area contributed by atoms with E-state index >= 15 is 0 Å². The van der Waals surface area contributed by atoms with Gasteiger partial charge in [-0.3, -0.25) is 4.90 Å². The smallest absolute Gasteiger partial charge is 0.325 e. The predicted octanol–water partition coefficient (Wildman–Crippen LogP) is 2.56. The van der Waals surface area contributed by atoms with Gasteiger partial charge in [0, 0.05) is 12.2 Å². The summed E-state index contributed by atoms with van der Waals surface area (Å²) in [5.41, 5.74) is 1.83. The van der Waals surface area contributed by atoms with Crippen LogP contribution in [0.25, 0.3) is 0 Å². The Morgan fingerprint density at radius 3 is 2.48 bits per heavy atom. The number of nitriles is 1. The van der Waals surface area contributed by atoms with E-state index in [2.05, 4.69) is 6.07 Å². The van der Waals surface area contributed by atoms with Gasteiger partial charge in [-0.1, -0.05) is 18.2 Å². The number of sulfone groups is 1. The summed E-state index contributed by atoms with van der Waals surface area (Å²) in [5.74, 6) is 0.567. The van der Waals surface area contributed by atoms with E-state index in [0.29, 0.717) is 29.2 Å². The molecule has 0 aromatic heterocycles. The Balaban J connectivity index is 1.68. The molecule has 2 atom stereocenters. The van der Waals surface area contributed by atoms with Crippen molar-refractivity contribution in [3.8, 4) is 11.8 Å². The maximum absolute atomic E-state index is 13.3. The number of carbonyl (C=O) groups is 1. The summed E-state index contributed by atoms with van der Waals surface area (Å²) < 4.78 is 30.2. The first kappa shape index (κ1) is 19.3. The number of hydrogen-bond acceptors (Lipinski definition) is 5. The zero-order valence-corrected chi connectivity index (χ0v) is 16.8. The number of carbonyl (C=O) groups excluding carboxylic acids is 1. The molecule has 7 nitrogen and oxygen atoms in total. The first-order chi connectivity index (χ1) is 13.9. The monoisotopic (exact) mass is 411 g/mol. The topological polar surface area (TPSA) is 90.7 Å². The van der Waals surface area contributed by atoms with Crippen molar-refractivity contribution in [3.63, 3.8) is 0 Å². The van der Waals surface area contributed by atoms with E-state index in [1.165, 1.54) is 0 Å². The van der Waals surface area contributed by atoms with Crippen LogP contribution in [0.2, 0.25) is 0 Å². The Morgan fingerprint density at radius 2 is 1.79 bits per heavy atom. The van der Waals surface area contributed by atoms with Crippen LogP contribution >= 0.6 is 0 Å². The van der Waals surface area contributed by atoms with Crippen molar-refractivity contribution < 1.29 is 17.9 Å². The molecule has 2 aromatic rings. The van der Waals surface area contributed by atoms with Crippen LogP contribution in [0.5, 0.6) is 5.75 Å². The minimum absolute atomic E-state index is 0.0625. The van der Waals surface area contributed by atoms with Crippen LogP contribution in [0.3, 0.4) is 0 Å². The van der Waals surface area contributed by atoms with Crippen molar-refractivity contribution in [3.05, 3.63) is 59.7 Å². The van der Waals surface area contributed by atoms with Gasteiger partial charge in [-0.25, -0.2) is 13.2 Å². The third-order valence-electron chi connectivity index (χ3n) is 5.38. The van der Waals surface area contributed by atoms with Crippen molar-refractivity contribution in [1.29, 1.82) is 5.26 Å². The lowest BCUT2D eigenvalue weighted by molar-refractivity contribution is 0.206. The molecule has 0 aliphatic carbocycles. The molecule has 29 heavy (non-hydrogen) atoms. The van der Waals surface area contributed by atoms with Crippen LogP contribution in [-0.4, -0.2) is 49.5 Å². The second-order valence-electron chi connectivity index (χ2n) is 7.19. The van der Waals surface area contributed by atoms with Gasteiger partial charge >= 0.3 is 6.03 Å². The van der Waals surface area contributed by atoms with Crippen LogP contribution in [0, 0.1) is 11.3 Å². The summed E-state index contributed by atoms with van der Waals surface area (Å²) in [5, 5.41) is 9.36. The van der Waals surface area contributed by atoms with E-state index in [-0.39, 0.29) is 24.1 Å². The molecule has 0 spiro atoms. The second kappa shape index (κ2) is 7.41. The van der Waals surface area contributed by atoms with E-state index < -0.39 is 21.9 Å². The molecule has 2 fully saturated rings. The fourth-order valence-corrected chi connectivity index (χ4v) is 6.03. The fourth-order valence-electron chi connectivity index (χ4n) is 4.08. The van der Waals surface area contributed by atoms with Crippen molar-refractivity contribution in [2.24, 2.45) is 0 Å². The lowest BCUT2D eigenvalue weighted by atomic mass is 10.1. The molecule has 0 saturated carbocycles. The van der Waals surface area contributed by atoms with Gasteiger partial charge in [0.25, 0.3) is 0 Å². The Labute approximate surface area is 170 Å². The first-order valence-electron chi connectivity index (χ1n) is 9.44. The minimum Gasteiger partial charge on any atom is -0.494 e. The van der Waals surface area contributed by atoms with Crippen LogP contribution < -0.4 is 9.64 Å². The predicted molar refractivity (Wildman–Crippen MR) is 108 cm³/mol. The summed E-state index contributed by atoms with van der Waals surface area (Å²) in [6, 6.07) is 15.2. The number of rotatable bonds is 5. The van der Waals surface area contributed by atoms with Crippen LogP contribution in [0.4, 0.5) is 10.5 Å².